The lowest BCUT2D eigenvalue weighted by molar-refractivity contribution is 0.102. The molecular formula is C25H17Cl2N3O2S2. The van der Waals surface area contributed by atoms with E-state index in [4.69, 9.17) is 27.9 Å². The van der Waals surface area contributed by atoms with Gasteiger partial charge in [-0.2, -0.15) is 0 Å². The normalized spacial score (nSPS) is 11.1. The van der Waals surface area contributed by atoms with E-state index in [1.165, 1.54) is 11.8 Å². The number of nitrogens with zero attached hydrogens (tertiary/aromatic N) is 3. The molecule has 34 heavy (non-hydrogen) atoms. The number of methoxy groups -OCH3 is 1. The summed E-state index contributed by atoms with van der Waals surface area (Å²) in [5, 5.41) is 11.7. The van der Waals surface area contributed by atoms with Crippen LogP contribution in [0.2, 0.25) is 10.0 Å². The van der Waals surface area contributed by atoms with Crippen LogP contribution in [0.15, 0.2) is 78.0 Å². The van der Waals surface area contributed by atoms with Crippen LogP contribution in [0.1, 0.15) is 10.4 Å². The molecule has 0 amide bonds. The molecule has 170 valence electrons. The molecule has 0 aliphatic rings. The van der Waals surface area contributed by atoms with E-state index >= 15 is 0 Å². The number of halogens is 2. The first-order chi connectivity index (χ1) is 16.5. The molecule has 9 heteroatoms. The Balaban J connectivity index is 1.55. The van der Waals surface area contributed by atoms with Gasteiger partial charge in [0.25, 0.3) is 0 Å². The monoisotopic (exact) mass is 525 g/mol. The van der Waals surface area contributed by atoms with E-state index in [0.29, 0.717) is 26.6 Å². The van der Waals surface area contributed by atoms with Crippen molar-refractivity contribution in [1.82, 2.24) is 14.8 Å². The van der Waals surface area contributed by atoms with Gasteiger partial charge in [-0.25, -0.2) is 0 Å². The van der Waals surface area contributed by atoms with Gasteiger partial charge < -0.3 is 4.74 Å². The van der Waals surface area contributed by atoms with Crippen molar-refractivity contribution in [2.24, 2.45) is 0 Å². The lowest BCUT2D eigenvalue weighted by atomic mass is 10.1. The molecule has 0 aliphatic carbocycles. The summed E-state index contributed by atoms with van der Waals surface area (Å²) in [6.07, 6.45) is 0. The highest BCUT2D eigenvalue weighted by molar-refractivity contribution is 7.99. The molecule has 0 fully saturated rings. The number of fused-ring (bicyclic) bond motifs is 1. The summed E-state index contributed by atoms with van der Waals surface area (Å²) in [6, 6.07) is 22.4. The van der Waals surface area contributed by atoms with Crippen molar-refractivity contribution in [3.05, 3.63) is 88.4 Å². The Kier molecular flexibility index (Phi) is 6.61. The van der Waals surface area contributed by atoms with Crippen LogP contribution in [0.25, 0.3) is 26.5 Å². The van der Waals surface area contributed by atoms with Gasteiger partial charge >= 0.3 is 0 Å². The second kappa shape index (κ2) is 9.80. The topological polar surface area (TPSA) is 57.0 Å². The van der Waals surface area contributed by atoms with Crippen LogP contribution in [0.5, 0.6) is 5.75 Å². The van der Waals surface area contributed by atoms with Crippen LogP contribution in [0, 0.1) is 0 Å². The number of rotatable bonds is 7. The maximum absolute atomic E-state index is 12.8. The number of thiophene rings is 1. The van der Waals surface area contributed by atoms with Gasteiger partial charge in [0.05, 0.1) is 28.4 Å². The summed E-state index contributed by atoms with van der Waals surface area (Å²) in [6.45, 7) is 0. The largest absolute Gasteiger partial charge is 0.497 e. The highest BCUT2D eigenvalue weighted by Gasteiger charge is 2.22. The molecule has 0 atom stereocenters. The van der Waals surface area contributed by atoms with Crippen molar-refractivity contribution in [1.29, 1.82) is 0 Å². The Hall–Kier alpha value is -2.84. The van der Waals surface area contributed by atoms with E-state index in [0.717, 1.165) is 26.4 Å². The highest BCUT2D eigenvalue weighted by atomic mass is 35.5. The zero-order chi connectivity index (χ0) is 23.7. The number of ether oxygens (including phenoxy) is 1. The van der Waals surface area contributed by atoms with Crippen LogP contribution in [-0.4, -0.2) is 33.4 Å². The molecule has 0 radical (unpaired) electrons. The molecular weight excluding hydrogens is 509 g/mol. The Morgan fingerprint density at radius 2 is 1.74 bits per heavy atom. The number of aromatic nitrogens is 3. The minimum atomic E-state index is -0.0209. The number of carbonyl (C=O) groups is 1. The van der Waals surface area contributed by atoms with Gasteiger partial charge in [-0.1, -0.05) is 53.2 Å². The number of carbonyl (C=O) groups excluding carboxylic acids is 1. The molecule has 0 unspecified atom stereocenters. The van der Waals surface area contributed by atoms with Gasteiger partial charge in [-0.05, 0) is 54.6 Å². The van der Waals surface area contributed by atoms with Crippen LogP contribution >= 0.6 is 46.3 Å². The molecule has 0 saturated carbocycles. The molecule has 2 heterocycles. The fourth-order valence-corrected chi connectivity index (χ4v) is 5.94. The first-order valence-electron chi connectivity index (χ1n) is 10.2. The van der Waals surface area contributed by atoms with Gasteiger partial charge in [0, 0.05) is 20.7 Å². The van der Waals surface area contributed by atoms with E-state index in [1.807, 2.05) is 53.1 Å². The summed E-state index contributed by atoms with van der Waals surface area (Å²) < 4.78 is 8.30. The van der Waals surface area contributed by atoms with Crippen LogP contribution in [-0.2, 0) is 0 Å². The number of hydrogen-bond donors (Lipinski definition) is 0. The molecule has 0 spiro atoms. The molecule has 5 nitrogen and oxygen atoms in total. The van der Waals surface area contributed by atoms with E-state index in [-0.39, 0.29) is 11.5 Å². The highest BCUT2D eigenvalue weighted by Crippen LogP contribution is 2.42. The average molecular weight is 526 g/mol. The zero-order valence-electron chi connectivity index (χ0n) is 17.9. The number of ketones is 1. The Bertz CT molecular complexity index is 1480. The molecule has 3 aromatic carbocycles. The van der Waals surface area contributed by atoms with Gasteiger partial charge in [0.15, 0.2) is 16.8 Å². The third kappa shape index (κ3) is 4.44. The molecule has 0 N–H and O–H groups in total. The van der Waals surface area contributed by atoms with Crippen molar-refractivity contribution in [3.8, 4) is 22.1 Å². The minimum absolute atomic E-state index is 0.0209. The SMILES string of the molecule is COc1ccc(-n2c(SCC(=O)c3ccc(Cl)cc3)nnc2-c2sc3ccccc3c2Cl)cc1. The predicted molar refractivity (Wildman–Crippen MR) is 140 cm³/mol. The minimum Gasteiger partial charge on any atom is -0.497 e. The smallest absolute Gasteiger partial charge is 0.196 e. The maximum atomic E-state index is 12.8. The Morgan fingerprint density at radius 3 is 2.44 bits per heavy atom. The fourth-order valence-electron chi connectivity index (χ4n) is 3.48. The van der Waals surface area contributed by atoms with E-state index in [1.54, 1.807) is 42.7 Å². The molecule has 0 saturated heterocycles. The Morgan fingerprint density at radius 1 is 1.00 bits per heavy atom. The molecule has 5 aromatic rings. The first-order valence-corrected chi connectivity index (χ1v) is 12.8. The molecule has 5 rings (SSSR count). The van der Waals surface area contributed by atoms with Crippen LogP contribution in [0.3, 0.4) is 0 Å². The van der Waals surface area contributed by atoms with E-state index in [2.05, 4.69) is 10.2 Å². The van der Waals surface area contributed by atoms with Gasteiger partial charge in [0.1, 0.15) is 5.75 Å². The summed E-state index contributed by atoms with van der Waals surface area (Å²) in [4.78, 5) is 13.6. The fraction of sp³-hybridized carbons (Fsp3) is 0.0800. The standard InChI is InChI=1S/C25H17Cl2N3O2S2/c1-32-18-12-10-17(11-13-18)30-24(23-22(27)19-4-2-3-5-21(19)34-23)28-29-25(30)33-14-20(31)15-6-8-16(26)9-7-15/h2-13H,14H2,1H3. The first kappa shape index (κ1) is 22.9. The third-order valence-electron chi connectivity index (χ3n) is 5.20. The van der Waals surface area contributed by atoms with Gasteiger partial charge in [0.2, 0.25) is 0 Å². The molecule has 0 bridgehead atoms. The van der Waals surface area contributed by atoms with Gasteiger partial charge in [-0.15, -0.1) is 21.5 Å². The number of Topliss-reactive ketones (excluding diaryl/α,β-unsaturated/α-hetero) is 1. The zero-order valence-corrected chi connectivity index (χ0v) is 21.0. The quantitative estimate of drug-likeness (QED) is 0.163. The summed E-state index contributed by atoms with van der Waals surface area (Å²) in [7, 11) is 1.62. The van der Waals surface area contributed by atoms with Crippen LogP contribution in [0.4, 0.5) is 0 Å². The van der Waals surface area contributed by atoms with Crippen molar-refractivity contribution >= 4 is 62.2 Å². The third-order valence-corrected chi connectivity index (χ3v) is 8.05. The number of hydrogen-bond acceptors (Lipinski definition) is 6. The second-order valence-electron chi connectivity index (χ2n) is 7.30. The van der Waals surface area contributed by atoms with Crippen molar-refractivity contribution in [2.45, 2.75) is 5.16 Å². The second-order valence-corrected chi connectivity index (χ2v) is 10.1. The van der Waals surface area contributed by atoms with Crippen LogP contribution < -0.4 is 4.74 Å². The summed E-state index contributed by atoms with van der Waals surface area (Å²) >= 11 is 15.6. The maximum Gasteiger partial charge on any atom is 0.196 e. The summed E-state index contributed by atoms with van der Waals surface area (Å²) in [5.41, 5.74) is 1.44. The lowest BCUT2D eigenvalue weighted by Gasteiger charge is -2.10. The Labute approximate surface area is 214 Å². The molecule has 0 aliphatic heterocycles. The van der Waals surface area contributed by atoms with E-state index < -0.39 is 0 Å². The number of benzene rings is 3. The van der Waals surface area contributed by atoms with E-state index in [9.17, 15) is 4.79 Å². The van der Waals surface area contributed by atoms with Crippen molar-refractivity contribution in [3.63, 3.8) is 0 Å². The predicted octanol–water partition coefficient (Wildman–Crippen LogP) is 7.44. The van der Waals surface area contributed by atoms with Crippen molar-refractivity contribution < 1.29 is 9.53 Å². The number of thioether (sulfide) groups is 1. The summed E-state index contributed by atoms with van der Waals surface area (Å²) in [5.74, 6) is 1.55. The lowest BCUT2D eigenvalue weighted by Crippen LogP contribution is -2.05. The average Bonchev–Trinajstić information content (AvgIpc) is 3.44. The van der Waals surface area contributed by atoms with Gasteiger partial charge in [-0.3, -0.25) is 9.36 Å². The van der Waals surface area contributed by atoms with Crippen molar-refractivity contribution in [2.75, 3.05) is 12.9 Å². The molecule has 2 aromatic heterocycles.